The fourth-order valence-electron chi connectivity index (χ4n) is 3.40. The molecule has 0 fully saturated rings. The zero-order chi connectivity index (χ0) is 18.3. The van der Waals surface area contributed by atoms with Crippen LogP contribution < -0.4 is 10.4 Å². The van der Waals surface area contributed by atoms with Gasteiger partial charge in [-0.3, -0.25) is 4.99 Å². The molecule has 0 atom stereocenters. The number of fused-ring (bicyclic) bond motifs is 1. The van der Waals surface area contributed by atoms with Crippen molar-refractivity contribution in [3.63, 3.8) is 0 Å². The first kappa shape index (κ1) is 18.7. The molecule has 2 radical (unpaired) electrons. The van der Waals surface area contributed by atoms with E-state index in [-0.39, 0.29) is 32.7 Å². The standard InChI is InChI=1S/C21H24BN2.Y/c1-7-8-17-9-12(2)23-18(10-17)11-19-22-20-15(5)13(3)14(4)16(6)21(20)24-19;/h7-8,10-11H,9H2,1-6H3;/p+1/b8-7+,18-11-;/i/hD. The molecule has 1 aromatic carbocycles. The Balaban J connectivity index is 0.00000243. The van der Waals surface area contributed by atoms with Crippen molar-refractivity contribution < 1.29 is 39.1 Å². The predicted octanol–water partition coefficient (Wildman–Crippen LogP) is 2.62. The zero-order valence-corrected chi connectivity index (χ0v) is 18.9. The maximum atomic E-state index is 8.61. The summed E-state index contributed by atoms with van der Waals surface area (Å²) in [4.78, 5) is 6.23. The largest absolute Gasteiger partial charge is 0.453 e. The van der Waals surface area contributed by atoms with Gasteiger partial charge in [-0.05, 0) is 69.9 Å². The second-order valence-electron chi connectivity index (χ2n) is 6.76. The normalized spacial score (nSPS) is 18.6. The number of benzene rings is 1. The number of hydrogen-bond donors (Lipinski definition) is 1. The Hall–Kier alpha value is -1.05. The number of aliphatic imine (C=N–C) groups is 1. The summed E-state index contributed by atoms with van der Waals surface area (Å²) >= 11 is 0. The minimum Gasteiger partial charge on any atom is -0.258 e. The van der Waals surface area contributed by atoms with Crippen LogP contribution in [0.25, 0.3) is 0 Å². The van der Waals surface area contributed by atoms with Gasteiger partial charge in [-0.25, -0.2) is 4.99 Å². The van der Waals surface area contributed by atoms with E-state index in [9.17, 15) is 0 Å². The van der Waals surface area contributed by atoms with Crippen LogP contribution in [0.2, 0.25) is 1.41 Å². The van der Waals surface area contributed by atoms with Crippen LogP contribution in [0.15, 0.2) is 40.6 Å². The molecule has 1 N–H and O–H groups in total. The van der Waals surface area contributed by atoms with Gasteiger partial charge in [0.1, 0.15) is 5.61 Å². The molecule has 2 nitrogen and oxygen atoms in total. The van der Waals surface area contributed by atoms with Crippen LogP contribution in [0.5, 0.6) is 0 Å². The minimum atomic E-state index is 0. The summed E-state index contributed by atoms with van der Waals surface area (Å²) in [7, 11) is 2.12. The number of allylic oxidation sites excluding steroid dienone is 5. The van der Waals surface area contributed by atoms with E-state index in [4.69, 9.17) is 1.41 Å². The Labute approximate surface area is 178 Å². The summed E-state index contributed by atoms with van der Waals surface area (Å²) in [5.74, 6) is 0. The summed E-state index contributed by atoms with van der Waals surface area (Å²) < 4.78 is 8.61. The molecule has 0 aromatic heterocycles. The molecule has 0 saturated carbocycles. The SMILES string of the molecule is [2H][N+]1=C(/C=C2C=C(/C=C/C)CC(C)=N/2)[B]c2c(C)c(C)c(C)c(C)c21.[Y]. The van der Waals surface area contributed by atoms with Crippen molar-refractivity contribution in [1.29, 1.82) is 0 Å². The maximum Gasteiger partial charge on any atom is 0.453 e. The topological polar surface area (TPSA) is 26.3 Å². The first-order valence-corrected chi connectivity index (χ1v) is 8.53. The van der Waals surface area contributed by atoms with Gasteiger partial charge < -0.3 is 0 Å². The summed E-state index contributed by atoms with van der Waals surface area (Å²) in [5, 5.41) is 0. The van der Waals surface area contributed by atoms with Crippen LogP contribution in [0, 0.1) is 27.7 Å². The average molecular weight is 406 g/mol. The average Bonchev–Trinajstić information content (AvgIpc) is 2.88. The van der Waals surface area contributed by atoms with E-state index in [0.29, 0.717) is 0 Å². The summed E-state index contributed by atoms with van der Waals surface area (Å²) in [5.41, 5.74) is 11.4. The fourth-order valence-corrected chi connectivity index (χ4v) is 3.40. The van der Waals surface area contributed by atoms with Gasteiger partial charge in [0, 0.05) is 61.9 Å². The molecule has 4 heteroatoms. The summed E-state index contributed by atoms with van der Waals surface area (Å²) in [6.07, 6.45) is 9.21. The predicted molar refractivity (Wildman–Crippen MR) is 105 cm³/mol. The van der Waals surface area contributed by atoms with Crippen molar-refractivity contribution in [3.05, 3.63) is 57.8 Å². The summed E-state index contributed by atoms with van der Waals surface area (Å²) in [6.45, 7) is 12.7. The van der Waals surface area contributed by atoms with Crippen molar-refractivity contribution in [2.24, 2.45) is 4.99 Å². The minimum absolute atomic E-state index is 0. The number of rotatable bonds is 2. The van der Waals surface area contributed by atoms with Crippen LogP contribution in [0.3, 0.4) is 0 Å². The Morgan fingerprint density at radius 2 is 1.80 bits per heavy atom. The third-order valence-corrected chi connectivity index (χ3v) is 5.02. The molecule has 0 unspecified atom stereocenters. The molecule has 0 amide bonds. The monoisotopic (exact) mass is 406 g/mol. The smallest absolute Gasteiger partial charge is 0.258 e. The second kappa shape index (κ2) is 8.10. The van der Waals surface area contributed by atoms with Crippen molar-refractivity contribution >= 4 is 29.8 Å². The maximum absolute atomic E-state index is 8.61. The zero-order valence-electron chi connectivity index (χ0n) is 17.1. The molecular formula is C21H25BN2Y+. The molecule has 2 aliphatic rings. The molecule has 124 valence electrons. The van der Waals surface area contributed by atoms with Gasteiger partial charge in [-0.1, -0.05) is 12.2 Å². The van der Waals surface area contributed by atoms with Gasteiger partial charge in [0.15, 0.2) is 0 Å². The van der Waals surface area contributed by atoms with Crippen LogP contribution in [-0.4, -0.2) is 18.6 Å². The Morgan fingerprint density at radius 3 is 2.48 bits per heavy atom. The Morgan fingerprint density at radius 1 is 1.12 bits per heavy atom. The fraction of sp³-hybridized carbons (Fsp3) is 0.333. The molecule has 0 bridgehead atoms. The van der Waals surface area contributed by atoms with E-state index in [2.05, 4.69) is 65.1 Å². The quantitative estimate of drug-likeness (QED) is 0.732. The van der Waals surface area contributed by atoms with Crippen LogP contribution in [0.4, 0.5) is 5.69 Å². The third kappa shape index (κ3) is 4.04. The molecule has 25 heavy (non-hydrogen) atoms. The van der Waals surface area contributed by atoms with Crippen molar-refractivity contribution in [3.8, 4) is 0 Å². The van der Waals surface area contributed by atoms with E-state index >= 15 is 0 Å². The Bertz CT molecular complexity index is 921. The van der Waals surface area contributed by atoms with Gasteiger partial charge in [0.2, 0.25) is 5.69 Å². The molecule has 1 aromatic rings. The van der Waals surface area contributed by atoms with E-state index < -0.39 is 0 Å². The Kier molecular flexibility index (Phi) is 6.07. The van der Waals surface area contributed by atoms with E-state index in [1.807, 2.05) is 13.0 Å². The van der Waals surface area contributed by atoms with Crippen molar-refractivity contribution in [2.75, 3.05) is 0 Å². The molecule has 0 aliphatic carbocycles. The van der Waals surface area contributed by atoms with E-state index in [0.717, 1.165) is 34.6 Å². The summed E-state index contributed by atoms with van der Waals surface area (Å²) in [6, 6.07) is 0. The van der Waals surface area contributed by atoms with E-state index in [1.54, 1.807) is 4.99 Å². The van der Waals surface area contributed by atoms with Gasteiger partial charge in [-0.2, -0.15) is 0 Å². The molecule has 2 heterocycles. The first-order chi connectivity index (χ1) is 11.8. The second-order valence-corrected chi connectivity index (χ2v) is 6.76. The molecule has 3 rings (SSSR count). The van der Waals surface area contributed by atoms with Gasteiger partial charge >= 0.3 is 1.41 Å². The van der Waals surface area contributed by atoms with Crippen LogP contribution in [-0.2, 0) is 32.7 Å². The van der Waals surface area contributed by atoms with Crippen LogP contribution in [0.1, 0.15) is 42.5 Å². The first-order valence-electron chi connectivity index (χ1n) is 8.98. The molecule has 2 aliphatic heterocycles. The van der Waals surface area contributed by atoms with E-state index in [1.165, 1.54) is 27.8 Å². The number of nitrogens with zero attached hydrogens (tertiary/aromatic N) is 1. The molecule has 0 spiro atoms. The molecular weight excluding hydrogens is 380 g/mol. The van der Waals surface area contributed by atoms with Crippen LogP contribution >= 0.6 is 0 Å². The van der Waals surface area contributed by atoms with Gasteiger partial charge in [0.25, 0.3) is 7.28 Å². The van der Waals surface area contributed by atoms with Crippen molar-refractivity contribution in [2.45, 2.75) is 48.0 Å². The number of nitrogens with one attached hydrogen (secondary N) is 1. The van der Waals surface area contributed by atoms with Gasteiger partial charge in [0.05, 0.1) is 5.70 Å². The number of hydrogen-bond acceptors (Lipinski definition) is 1. The van der Waals surface area contributed by atoms with Gasteiger partial charge in [-0.15, -0.1) is 0 Å². The van der Waals surface area contributed by atoms with Crippen molar-refractivity contribution in [1.82, 2.24) is 0 Å². The number of dihydropyridines is 1. The third-order valence-electron chi connectivity index (χ3n) is 5.02. The molecule has 0 saturated heterocycles.